The molecule has 0 aliphatic carbocycles. The highest BCUT2D eigenvalue weighted by atomic mass is 35.5. The van der Waals surface area contributed by atoms with Gasteiger partial charge in [-0.05, 0) is 30.3 Å². The van der Waals surface area contributed by atoms with Gasteiger partial charge in [-0.15, -0.1) is 0 Å². The first kappa shape index (κ1) is 15.1. The predicted molar refractivity (Wildman–Crippen MR) is 86.7 cm³/mol. The second-order valence-electron chi connectivity index (χ2n) is 4.52. The van der Waals surface area contributed by atoms with E-state index in [0.717, 1.165) is 0 Å². The molecule has 2 aromatic heterocycles. The Balaban J connectivity index is 1.95. The van der Waals surface area contributed by atoms with Crippen LogP contribution in [0.2, 0.25) is 5.02 Å². The number of nitrogens with zero attached hydrogens (tertiary/aromatic N) is 3. The Morgan fingerprint density at radius 3 is 2.96 bits per heavy atom. The summed E-state index contributed by atoms with van der Waals surface area (Å²) in [5, 5.41) is 10.4. The fourth-order valence-electron chi connectivity index (χ4n) is 1.94. The molecular formula is C16H12ClN3O3. The molecule has 0 aliphatic rings. The second kappa shape index (κ2) is 6.50. The van der Waals surface area contributed by atoms with Crippen molar-refractivity contribution >= 4 is 23.5 Å². The van der Waals surface area contributed by atoms with Crippen LogP contribution in [0.25, 0.3) is 11.5 Å². The van der Waals surface area contributed by atoms with Crippen molar-refractivity contribution < 1.29 is 14.3 Å². The molecule has 0 aliphatic heterocycles. The maximum absolute atomic E-state index is 9.89. The van der Waals surface area contributed by atoms with Crippen molar-refractivity contribution in [2.45, 2.75) is 0 Å². The number of ether oxygens (including phenoxy) is 1. The number of aromatic hydroxyl groups is 1. The van der Waals surface area contributed by atoms with E-state index in [1.54, 1.807) is 42.7 Å². The summed E-state index contributed by atoms with van der Waals surface area (Å²) in [6, 6.07) is 8.58. The van der Waals surface area contributed by atoms with Crippen molar-refractivity contribution in [3.8, 4) is 23.1 Å². The van der Waals surface area contributed by atoms with Gasteiger partial charge < -0.3 is 14.3 Å². The first-order valence-electron chi connectivity index (χ1n) is 6.65. The van der Waals surface area contributed by atoms with Gasteiger partial charge in [0.25, 0.3) is 0 Å². The van der Waals surface area contributed by atoms with E-state index >= 15 is 0 Å². The van der Waals surface area contributed by atoms with Gasteiger partial charge in [0.2, 0.25) is 5.89 Å². The molecule has 23 heavy (non-hydrogen) atoms. The van der Waals surface area contributed by atoms with Gasteiger partial charge in [-0.2, -0.15) is 0 Å². The summed E-state index contributed by atoms with van der Waals surface area (Å²) in [6.45, 7) is 0. The highest BCUT2D eigenvalue weighted by molar-refractivity contribution is 6.30. The summed E-state index contributed by atoms with van der Waals surface area (Å²) >= 11 is 5.99. The van der Waals surface area contributed by atoms with E-state index in [1.807, 2.05) is 0 Å². The molecule has 0 bridgehead atoms. The van der Waals surface area contributed by atoms with Crippen LogP contribution in [0.5, 0.6) is 11.7 Å². The summed E-state index contributed by atoms with van der Waals surface area (Å²) in [5.74, 6) is 0.385. The van der Waals surface area contributed by atoms with Crippen LogP contribution in [0.15, 0.2) is 52.1 Å². The van der Waals surface area contributed by atoms with Gasteiger partial charge >= 0.3 is 5.95 Å². The standard InChI is InChI=1S/C16H12ClN3O3/c1-22-14-5-4-10(17)7-12(14)15-20-13(16(21)23-15)9-19-11-3-2-6-18-8-11/h2-9,21H,1H3. The van der Waals surface area contributed by atoms with Crippen LogP contribution in [0.1, 0.15) is 5.69 Å². The minimum absolute atomic E-state index is 0.189. The Labute approximate surface area is 137 Å². The van der Waals surface area contributed by atoms with Gasteiger partial charge in [-0.3, -0.25) is 9.98 Å². The maximum atomic E-state index is 9.89. The van der Waals surface area contributed by atoms with Crippen molar-refractivity contribution in [2.24, 2.45) is 4.99 Å². The molecule has 3 rings (SSSR count). The lowest BCUT2D eigenvalue weighted by Crippen LogP contribution is -1.88. The highest BCUT2D eigenvalue weighted by Gasteiger charge is 2.16. The molecule has 6 nitrogen and oxygen atoms in total. The number of pyridine rings is 1. The molecule has 0 unspecified atom stereocenters. The Hall–Kier alpha value is -2.86. The molecule has 0 saturated heterocycles. The van der Waals surface area contributed by atoms with Gasteiger partial charge in [0.15, 0.2) is 5.69 Å². The Bertz CT molecular complexity index is 847. The number of methoxy groups -OCH3 is 1. The summed E-state index contributed by atoms with van der Waals surface area (Å²) in [6.07, 6.45) is 4.64. The van der Waals surface area contributed by atoms with Crippen molar-refractivity contribution in [3.63, 3.8) is 0 Å². The fourth-order valence-corrected chi connectivity index (χ4v) is 2.11. The topological polar surface area (TPSA) is 80.7 Å². The molecular weight excluding hydrogens is 318 g/mol. The quantitative estimate of drug-likeness (QED) is 0.735. The van der Waals surface area contributed by atoms with Crippen LogP contribution in [-0.4, -0.2) is 28.4 Å². The van der Waals surface area contributed by atoms with E-state index in [-0.39, 0.29) is 17.5 Å². The summed E-state index contributed by atoms with van der Waals surface area (Å²) < 4.78 is 10.5. The third kappa shape index (κ3) is 3.32. The predicted octanol–water partition coefficient (Wildman–Crippen LogP) is 3.85. The molecule has 0 amide bonds. The van der Waals surface area contributed by atoms with E-state index < -0.39 is 0 Å². The normalized spacial score (nSPS) is 11.0. The number of hydrogen-bond donors (Lipinski definition) is 1. The lowest BCUT2D eigenvalue weighted by molar-refractivity contribution is 0.336. The minimum Gasteiger partial charge on any atom is -0.496 e. The molecule has 1 aromatic carbocycles. The van der Waals surface area contributed by atoms with E-state index in [2.05, 4.69) is 15.0 Å². The number of hydrogen-bond acceptors (Lipinski definition) is 6. The van der Waals surface area contributed by atoms with Crippen LogP contribution in [0, 0.1) is 0 Å². The first-order chi connectivity index (χ1) is 11.2. The first-order valence-corrected chi connectivity index (χ1v) is 7.03. The van der Waals surface area contributed by atoms with Crippen molar-refractivity contribution in [1.82, 2.24) is 9.97 Å². The number of aromatic nitrogens is 2. The molecule has 7 heteroatoms. The van der Waals surface area contributed by atoms with Gasteiger partial charge in [0.1, 0.15) is 5.75 Å². The van der Waals surface area contributed by atoms with Crippen LogP contribution < -0.4 is 4.74 Å². The highest BCUT2D eigenvalue weighted by Crippen LogP contribution is 2.34. The van der Waals surface area contributed by atoms with Gasteiger partial charge in [0, 0.05) is 11.2 Å². The van der Waals surface area contributed by atoms with E-state index in [9.17, 15) is 5.11 Å². The Kier molecular flexibility index (Phi) is 4.25. The fraction of sp³-hybridized carbons (Fsp3) is 0.0625. The largest absolute Gasteiger partial charge is 0.496 e. The SMILES string of the molecule is COc1ccc(Cl)cc1-c1nc(C=Nc2cccnc2)c(O)o1. The molecule has 116 valence electrons. The van der Waals surface area contributed by atoms with Crippen LogP contribution in [0.4, 0.5) is 5.69 Å². The number of halogens is 1. The van der Waals surface area contributed by atoms with Crippen molar-refractivity contribution in [2.75, 3.05) is 7.11 Å². The molecule has 0 radical (unpaired) electrons. The molecule has 3 aromatic rings. The van der Waals surface area contributed by atoms with E-state index in [1.165, 1.54) is 13.3 Å². The second-order valence-corrected chi connectivity index (χ2v) is 4.96. The van der Waals surface area contributed by atoms with E-state index in [0.29, 0.717) is 22.0 Å². The number of oxazole rings is 1. The van der Waals surface area contributed by atoms with Crippen molar-refractivity contribution in [3.05, 3.63) is 53.4 Å². The molecule has 2 heterocycles. The summed E-state index contributed by atoms with van der Waals surface area (Å²) in [5.41, 5.74) is 1.37. The Morgan fingerprint density at radius 2 is 2.22 bits per heavy atom. The molecule has 0 saturated carbocycles. The smallest absolute Gasteiger partial charge is 0.312 e. The summed E-state index contributed by atoms with van der Waals surface area (Å²) in [4.78, 5) is 12.4. The zero-order valence-electron chi connectivity index (χ0n) is 12.1. The lowest BCUT2D eigenvalue weighted by atomic mass is 10.2. The van der Waals surface area contributed by atoms with Gasteiger partial charge in [0.05, 0.1) is 30.8 Å². The summed E-state index contributed by atoms with van der Waals surface area (Å²) in [7, 11) is 1.53. The van der Waals surface area contributed by atoms with Crippen LogP contribution >= 0.6 is 11.6 Å². The Morgan fingerprint density at radius 1 is 1.35 bits per heavy atom. The average molecular weight is 330 g/mol. The number of benzene rings is 1. The third-order valence-corrected chi connectivity index (χ3v) is 3.24. The molecule has 0 spiro atoms. The molecule has 0 atom stereocenters. The molecule has 0 fully saturated rings. The monoisotopic (exact) mass is 329 g/mol. The molecule has 1 N–H and O–H groups in total. The van der Waals surface area contributed by atoms with E-state index in [4.69, 9.17) is 20.8 Å². The lowest BCUT2D eigenvalue weighted by Gasteiger charge is -2.04. The van der Waals surface area contributed by atoms with Gasteiger partial charge in [-0.1, -0.05) is 11.6 Å². The zero-order chi connectivity index (χ0) is 16.2. The number of rotatable bonds is 4. The third-order valence-electron chi connectivity index (χ3n) is 3.01. The van der Waals surface area contributed by atoms with Gasteiger partial charge in [-0.25, -0.2) is 4.98 Å². The number of aliphatic imine (C=N–C) groups is 1. The zero-order valence-corrected chi connectivity index (χ0v) is 12.9. The average Bonchev–Trinajstić information content (AvgIpc) is 2.95. The van der Waals surface area contributed by atoms with Crippen LogP contribution in [-0.2, 0) is 0 Å². The minimum atomic E-state index is -0.338. The van der Waals surface area contributed by atoms with Crippen molar-refractivity contribution in [1.29, 1.82) is 0 Å². The maximum Gasteiger partial charge on any atom is 0.312 e. The van der Waals surface area contributed by atoms with Crippen LogP contribution in [0.3, 0.4) is 0 Å².